The monoisotopic (exact) mass is 358 g/mol. The fraction of sp³-hybridized carbons (Fsp3) is 0.308. The van der Waals surface area contributed by atoms with E-state index < -0.39 is 21.5 Å². The molecule has 23 heavy (non-hydrogen) atoms. The number of aromatic nitrogens is 3. The van der Waals surface area contributed by atoms with Crippen molar-refractivity contribution < 1.29 is 17.9 Å². The lowest BCUT2D eigenvalue weighted by molar-refractivity contribution is -0.113. The number of anilines is 1. The first-order valence-corrected chi connectivity index (χ1v) is 8.60. The number of methoxy groups -OCH3 is 1. The Kier molecular flexibility index (Phi) is 5.69. The predicted molar refractivity (Wildman–Crippen MR) is 84.0 cm³/mol. The molecular weight excluding hydrogens is 344 g/mol. The number of carbonyl (C=O) groups is 1. The van der Waals surface area contributed by atoms with Crippen molar-refractivity contribution in [2.45, 2.75) is 11.7 Å². The number of rotatable bonds is 7. The topological polar surface area (TPSA) is 103 Å². The molecule has 0 unspecified atom stereocenters. The smallest absolute Gasteiger partial charge is 0.250 e. The predicted octanol–water partition coefficient (Wildman–Crippen LogP) is 0.990. The van der Waals surface area contributed by atoms with E-state index in [2.05, 4.69) is 15.5 Å². The summed E-state index contributed by atoms with van der Waals surface area (Å²) in [6, 6.07) is 6.34. The minimum atomic E-state index is -3.91. The largest absolute Gasteiger partial charge is 0.383 e. The van der Waals surface area contributed by atoms with Crippen molar-refractivity contribution in [3.63, 3.8) is 0 Å². The normalized spacial score (nSPS) is 11.4. The van der Waals surface area contributed by atoms with Gasteiger partial charge in [-0.2, -0.15) is 0 Å². The minimum Gasteiger partial charge on any atom is -0.383 e. The summed E-state index contributed by atoms with van der Waals surface area (Å²) in [6.07, 6.45) is 1.28. The van der Waals surface area contributed by atoms with Gasteiger partial charge in [0, 0.05) is 24.4 Å². The summed E-state index contributed by atoms with van der Waals surface area (Å²) >= 11 is 5.74. The van der Waals surface area contributed by atoms with Crippen LogP contribution in [0.5, 0.6) is 0 Å². The second kappa shape index (κ2) is 7.53. The summed E-state index contributed by atoms with van der Waals surface area (Å²) in [4.78, 5) is 11.9. The number of nitrogens with zero attached hydrogens (tertiary/aromatic N) is 3. The van der Waals surface area contributed by atoms with E-state index >= 15 is 0 Å². The van der Waals surface area contributed by atoms with Crippen molar-refractivity contribution in [3.8, 4) is 0 Å². The third kappa shape index (κ3) is 4.75. The van der Waals surface area contributed by atoms with Crippen LogP contribution in [0.15, 0.2) is 35.7 Å². The highest BCUT2D eigenvalue weighted by atomic mass is 35.5. The van der Waals surface area contributed by atoms with Crippen molar-refractivity contribution in [1.82, 2.24) is 14.8 Å². The molecule has 1 N–H and O–H groups in total. The molecule has 1 aromatic heterocycles. The Morgan fingerprint density at radius 1 is 1.35 bits per heavy atom. The molecule has 2 rings (SSSR count). The maximum Gasteiger partial charge on any atom is 0.250 e. The summed E-state index contributed by atoms with van der Waals surface area (Å²) in [6.45, 7) is 0.578. The zero-order valence-electron chi connectivity index (χ0n) is 12.3. The van der Waals surface area contributed by atoms with Gasteiger partial charge in [0.2, 0.25) is 20.9 Å². The number of nitrogens with one attached hydrogen (secondary N) is 1. The number of sulfone groups is 1. The summed E-state index contributed by atoms with van der Waals surface area (Å²) in [5.41, 5.74) is 0.454. The van der Waals surface area contributed by atoms with Gasteiger partial charge in [-0.05, 0) is 24.3 Å². The van der Waals surface area contributed by atoms with Crippen molar-refractivity contribution in [2.24, 2.45) is 0 Å². The van der Waals surface area contributed by atoms with Gasteiger partial charge in [-0.15, -0.1) is 10.2 Å². The van der Waals surface area contributed by atoms with Gasteiger partial charge in [0.25, 0.3) is 0 Å². The van der Waals surface area contributed by atoms with Crippen LogP contribution >= 0.6 is 11.6 Å². The molecule has 124 valence electrons. The summed E-state index contributed by atoms with van der Waals surface area (Å²) in [5, 5.41) is 9.90. The molecule has 1 amide bonds. The fourth-order valence-corrected chi connectivity index (χ4v) is 3.14. The van der Waals surface area contributed by atoms with E-state index in [1.165, 1.54) is 18.0 Å². The Morgan fingerprint density at radius 2 is 2.04 bits per heavy atom. The van der Waals surface area contributed by atoms with Crippen molar-refractivity contribution in [1.29, 1.82) is 0 Å². The third-order valence-electron chi connectivity index (χ3n) is 2.84. The molecule has 10 heteroatoms. The lowest BCUT2D eigenvalue weighted by Crippen LogP contribution is -2.25. The minimum absolute atomic E-state index is 0.263. The Labute approximate surface area is 138 Å². The summed E-state index contributed by atoms with van der Waals surface area (Å²) in [5.74, 6) is -1.41. The van der Waals surface area contributed by atoms with Crippen LogP contribution in [0.2, 0.25) is 5.02 Å². The fourth-order valence-electron chi connectivity index (χ4n) is 1.80. The van der Waals surface area contributed by atoms with E-state index in [1.807, 2.05) is 0 Å². The van der Waals surface area contributed by atoms with Gasteiger partial charge in [0.05, 0.1) is 6.61 Å². The van der Waals surface area contributed by atoms with E-state index in [9.17, 15) is 13.2 Å². The molecule has 0 atom stereocenters. The maximum atomic E-state index is 12.3. The highest BCUT2D eigenvalue weighted by molar-refractivity contribution is 7.92. The molecule has 0 spiro atoms. The molecule has 0 aliphatic carbocycles. The molecule has 8 nitrogen and oxygen atoms in total. The highest BCUT2D eigenvalue weighted by Gasteiger charge is 2.25. The van der Waals surface area contributed by atoms with Crippen molar-refractivity contribution in [2.75, 3.05) is 24.8 Å². The number of amides is 1. The summed E-state index contributed by atoms with van der Waals surface area (Å²) in [7, 11) is -2.41. The second-order valence-electron chi connectivity index (χ2n) is 4.61. The van der Waals surface area contributed by atoms with Crippen LogP contribution in [0, 0.1) is 0 Å². The van der Waals surface area contributed by atoms with Crippen LogP contribution in [-0.2, 0) is 25.9 Å². The van der Waals surface area contributed by atoms with E-state index in [-0.39, 0.29) is 11.7 Å². The Hall–Kier alpha value is -1.97. The molecule has 0 aliphatic heterocycles. The van der Waals surface area contributed by atoms with Gasteiger partial charge >= 0.3 is 0 Å². The molecule has 1 heterocycles. The number of hydrogen-bond acceptors (Lipinski definition) is 6. The molecular formula is C13H15ClN4O4S. The molecule has 0 saturated carbocycles. The highest BCUT2D eigenvalue weighted by Crippen LogP contribution is 2.14. The first-order chi connectivity index (χ1) is 10.9. The summed E-state index contributed by atoms with van der Waals surface area (Å²) < 4.78 is 30.8. The number of carbonyl (C=O) groups excluding carboxylic acids is 1. The van der Waals surface area contributed by atoms with Crippen LogP contribution in [-0.4, -0.2) is 48.6 Å². The van der Waals surface area contributed by atoms with Gasteiger partial charge in [-0.25, -0.2) is 8.42 Å². The van der Waals surface area contributed by atoms with Crippen LogP contribution in [0.4, 0.5) is 5.69 Å². The third-order valence-corrected chi connectivity index (χ3v) is 4.61. The lowest BCUT2D eigenvalue weighted by atomic mass is 10.3. The molecule has 0 saturated heterocycles. The Morgan fingerprint density at radius 3 is 2.70 bits per heavy atom. The van der Waals surface area contributed by atoms with Gasteiger partial charge in [-0.3, -0.25) is 4.79 Å². The first kappa shape index (κ1) is 17.4. The molecule has 2 aromatic rings. The number of benzene rings is 1. The van der Waals surface area contributed by atoms with Crippen molar-refractivity contribution >= 4 is 33.0 Å². The Balaban J connectivity index is 2.07. The van der Waals surface area contributed by atoms with Crippen LogP contribution in [0.1, 0.15) is 0 Å². The van der Waals surface area contributed by atoms with Crippen LogP contribution in [0.25, 0.3) is 0 Å². The zero-order chi connectivity index (χ0) is 16.9. The zero-order valence-corrected chi connectivity index (χ0v) is 13.8. The number of halogens is 1. The van der Waals surface area contributed by atoms with Gasteiger partial charge < -0.3 is 14.6 Å². The van der Waals surface area contributed by atoms with Gasteiger partial charge in [-0.1, -0.05) is 11.6 Å². The average Bonchev–Trinajstić information content (AvgIpc) is 2.96. The molecule has 0 fully saturated rings. The second-order valence-corrected chi connectivity index (χ2v) is 6.93. The molecule has 0 radical (unpaired) electrons. The van der Waals surface area contributed by atoms with Gasteiger partial charge in [0.1, 0.15) is 12.1 Å². The number of hydrogen-bond donors (Lipinski definition) is 1. The first-order valence-electron chi connectivity index (χ1n) is 6.57. The van der Waals surface area contributed by atoms with E-state index in [1.54, 1.807) is 24.3 Å². The Bertz CT molecular complexity index is 774. The lowest BCUT2D eigenvalue weighted by Gasteiger charge is -2.08. The standard InChI is InChI=1S/C13H15ClN4O4S/c1-22-7-6-18-9-15-17-13(18)23(20,21)8-12(19)16-11-4-2-10(14)3-5-11/h2-5,9H,6-8H2,1H3,(H,16,19). The quantitative estimate of drug-likeness (QED) is 0.791. The van der Waals surface area contributed by atoms with Crippen LogP contribution < -0.4 is 5.32 Å². The van der Waals surface area contributed by atoms with E-state index in [4.69, 9.17) is 16.3 Å². The van der Waals surface area contributed by atoms with Crippen LogP contribution in [0.3, 0.4) is 0 Å². The van der Waals surface area contributed by atoms with Crippen molar-refractivity contribution in [3.05, 3.63) is 35.6 Å². The SMILES string of the molecule is COCCn1cnnc1S(=O)(=O)CC(=O)Nc1ccc(Cl)cc1. The number of ether oxygens (including phenoxy) is 1. The maximum absolute atomic E-state index is 12.3. The van der Waals surface area contributed by atoms with E-state index in [0.29, 0.717) is 17.3 Å². The van der Waals surface area contributed by atoms with Gasteiger partial charge in [0.15, 0.2) is 0 Å². The van der Waals surface area contributed by atoms with E-state index in [0.717, 1.165) is 0 Å². The average molecular weight is 359 g/mol. The molecule has 0 aliphatic rings. The molecule has 1 aromatic carbocycles. The molecule has 0 bridgehead atoms.